The molecule has 0 radical (unpaired) electrons. The third-order valence-electron chi connectivity index (χ3n) is 10.3. The SMILES string of the molecule is CCN1CCN(C[C@H]2COC(=O)C(C)(C)C(=O)[C@H](C)[C@H]3O[C@@H]4O[C@H](C)C[C@H](N(C)C)[C@H]4O[C@@]3(OC)C[C@@H](C)CN2C)CC1. The summed E-state index contributed by atoms with van der Waals surface area (Å²) in [6, 6.07) is 0.0384. The molecule has 11 nitrogen and oxygen atoms in total. The van der Waals surface area contributed by atoms with Gasteiger partial charge in [-0.2, -0.15) is 0 Å². The van der Waals surface area contributed by atoms with Crippen LogP contribution in [0.1, 0.15) is 54.4 Å². The van der Waals surface area contributed by atoms with E-state index in [0.29, 0.717) is 6.42 Å². The van der Waals surface area contributed by atoms with Gasteiger partial charge in [-0.3, -0.25) is 19.4 Å². The Morgan fingerprint density at radius 3 is 2.28 bits per heavy atom. The van der Waals surface area contributed by atoms with Gasteiger partial charge in [0.1, 0.15) is 24.2 Å². The van der Waals surface area contributed by atoms with Gasteiger partial charge < -0.3 is 33.5 Å². The number of nitrogens with zero attached hydrogens (tertiary/aromatic N) is 4. The number of ether oxygens (including phenoxy) is 5. The van der Waals surface area contributed by atoms with E-state index in [-0.39, 0.29) is 36.5 Å². The number of methoxy groups -OCH3 is 1. The first-order valence-electron chi connectivity index (χ1n) is 16.3. The van der Waals surface area contributed by atoms with Gasteiger partial charge in [0.15, 0.2) is 17.9 Å². The fourth-order valence-electron chi connectivity index (χ4n) is 7.48. The van der Waals surface area contributed by atoms with Crippen molar-refractivity contribution in [1.29, 1.82) is 0 Å². The van der Waals surface area contributed by atoms with Crippen molar-refractivity contribution in [2.24, 2.45) is 17.3 Å². The molecule has 0 aromatic heterocycles. The van der Waals surface area contributed by atoms with E-state index in [1.807, 2.05) is 27.9 Å². The first kappa shape index (κ1) is 34.7. The van der Waals surface area contributed by atoms with Gasteiger partial charge in [0.25, 0.3) is 0 Å². The monoisotopic (exact) mass is 610 g/mol. The largest absolute Gasteiger partial charge is 0.463 e. The molecule has 4 fully saturated rings. The third kappa shape index (κ3) is 7.46. The summed E-state index contributed by atoms with van der Waals surface area (Å²) in [6.45, 7) is 18.4. The standard InChI is InChI=1S/C32H58N4O7/c1-11-35-12-14-36(15-13-35)19-24-20-40-30(38)31(5,6)27(37)23(4)28-32(39-10,17-21(2)18-34(24)9)43-26-25(33(7)8)16-22(3)41-29(26)42-28/h21-26,28-29H,11-20H2,1-10H3/t21-,22-,23+,24+,25+,26-,28-,29+,32+/m1/s1. The summed E-state index contributed by atoms with van der Waals surface area (Å²) >= 11 is 0. The van der Waals surface area contributed by atoms with E-state index in [1.54, 1.807) is 21.0 Å². The number of cyclic esters (lactones) is 1. The molecule has 4 heterocycles. The second-order valence-corrected chi connectivity index (χ2v) is 14.3. The maximum atomic E-state index is 14.1. The number of piperazine rings is 1. The molecule has 0 aromatic carbocycles. The molecule has 0 bridgehead atoms. The number of rotatable bonds is 5. The number of esters is 1. The molecule has 0 unspecified atom stereocenters. The number of fused-ring (bicyclic) bond motifs is 2. The Hall–Kier alpha value is -1.18. The zero-order chi connectivity index (χ0) is 31.7. The van der Waals surface area contributed by atoms with Crippen molar-refractivity contribution < 1.29 is 33.3 Å². The van der Waals surface area contributed by atoms with Gasteiger partial charge in [0.05, 0.1) is 12.1 Å². The van der Waals surface area contributed by atoms with Gasteiger partial charge in [-0.15, -0.1) is 0 Å². The zero-order valence-corrected chi connectivity index (χ0v) is 28.3. The Bertz CT molecular complexity index is 958. The second-order valence-electron chi connectivity index (χ2n) is 14.3. The summed E-state index contributed by atoms with van der Waals surface area (Å²) in [5.41, 5.74) is -1.37. The van der Waals surface area contributed by atoms with Crippen molar-refractivity contribution in [3.8, 4) is 0 Å². The van der Waals surface area contributed by atoms with Crippen LogP contribution in [0.2, 0.25) is 0 Å². The van der Waals surface area contributed by atoms with Crippen LogP contribution in [0, 0.1) is 17.3 Å². The lowest BCUT2D eigenvalue weighted by atomic mass is 9.76. The molecule has 4 aliphatic rings. The van der Waals surface area contributed by atoms with Gasteiger partial charge in [-0.1, -0.05) is 20.8 Å². The first-order valence-corrected chi connectivity index (χ1v) is 16.3. The van der Waals surface area contributed by atoms with Crippen LogP contribution in [0.4, 0.5) is 0 Å². The summed E-state index contributed by atoms with van der Waals surface area (Å²) in [7, 11) is 7.82. The van der Waals surface area contributed by atoms with E-state index >= 15 is 0 Å². The summed E-state index contributed by atoms with van der Waals surface area (Å²) < 4.78 is 32.2. The number of likely N-dealkylation sites (N-methyl/N-ethyl adjacent to an activating group) is 3. The topological polar surface area (TPSA) is 93.2 Å². The Morgan fingerprint density at radius 2 is 1.67 bits per heavy atom. The quantitative estimate of drug-likeness (QED) is 0.338. The number of ketones is 1. The predicted molar refractivity (Wildman–Crippen MR) is 164 cm³/mol. The molecule has 0 amide bonds. The summed E-state index contributed by atoms with van der Waals surface area (Å²) in [4.78, 5) is 37.1. The van der Waals surface area contributed by atoms with E-state index in [2.05, 4.69) is 40.5 Å². The summed E-state index contributed by atoms with van der Waals surface area (Å²) in [5.74, 6) is -2.56. The molecule has 0 saturated carbocycles. The van der Waals surface area contributed by atoms with Crippen LogP contribution in [0.15, 0.2) is 0 Å². The van der Waals surface area contributed by atoms with E-state index in [1.165, 1.54) is 0 Å². The zero-order valence-electron chi connectivity index (χ0n) is 28.3. The van der Waals surface area contributed by atoms with E-state index in [0.717, 1.165) is 52.2 Å². The van der Waals surface area contributed by atoms with Crippen LogP contribution >= 0.6 is 0 Å². The fraction of sp³-hybridized carbons (Fsp3) is 0.938. The maximum absolute atomic E-state index is 14.1. The molecule has 4 saturated heterocycles. The molecule has 4 aliphatic heterocycles. The van der Waals surface area contributed by atoms with Gasteiger partial charge in [0.2, 0.25) is 0 Å². The van der Waals surface area contributed by atoms with Crippen LogP contribution in [-0.2, 0) is 33.3 Å². The summed E-state index contributed by atoms with van der Waals surface area (Å²) in [5, 5.41) is 0. The van der Waals surface area contributed by atoms with E-state index in [4.69, 9.17) is 23.7 Å². The minimum absolute atomic E-state index is 0.0165. The van der Waals surface area contributed by atoms with Crippen molar-refractivity contribution >= 4 is 11.8 Å². The van der Waals surface area contributed by atoms with Gasteiger partial charge in [0, 0.05) is 64.8 Å². The molecule has 43 heavy (non-hydrogen) atoms. The van der Waals surface area contributed by atoms with Crippen molar-refractivity contribution in [3.63, 3.8) is 0 Å². The molecule has 0 aromatic rings. The second kappa shape index (κ2) is 14.1. The van der Waals surface area contributed by atoms with Crippen molar-refractivity contribution in [2.75, 3.05) is 80.7 Å². The third-order valence-corrected chi connectivity index (χ3v) is 10.3. The molecule has 248 valence electrons. The Morgan fingerprint density at radius 1 is 1.02 bits per heavy atom. The van der Waals surface area contributed by atoms with E-state index in [9.17, 15) is 9.59 Å². The molecule has 0 aliphatic carbocycles. The van der Waals surface area contributed by atoms with Crippen LogP contribution in [0.25, 0.3) is 0 Å². The van der Waals surface area contributed by atoms with Crippen LogP contribution in [0.5, 0.6) is 0 Å². The minimum atomic E-state index is -1.37. The highest BCUT2D eigenvalue weighted by Gasteiger charge is 2.59. The van der Waals surface area contributed by atoms with Gasteiger partial charge >= 0.3 is 5.97 Å². The van der Waals surface area contributed by atoms with Crippen LogP contribution in [0.3, 0.4) is 0 Å². The first-order chi connectivity index (χ1) is 20.2. The normalized spacial score (nSPS) is 41.0. The Labute approximate surface area is 259 Å². The Balaban J connectivity index is 1.65. The average molecular weight is 611 g/mol. The molecule has 0 spiro atoms. The lowest BCUT2D eigenvalue weighted by molar-refractivity contribution is -0.424. The molecular weight excluding hydrogens is 552 g/mol. The van der Waals surface area contributed by atoms with E-state index < -0.39 is 41.6 Å². The number of hydrogen-bond acceptors (Lipinski definition) is 11. The van der Waals surface area contributed by atoms with Crippen molar-refractivity contribution in [3.05, 3.63) is 0 Å². The Kier molecular flexibility index (Phi) is 11.4. The number of carbonyl (C=O) groups excluding carboxylic acids is 2. The minimum Gasteiger partial charge on any atom is -0.463 e. The number of carbonyl (C=O) groups is 2. The van der Waals surface area contributed by atoms with Crippen molar-refractivity contribution in [1.82, 2.24) is 19.6 Å². The maximum Gasteiger partial charge on any atom is 0.319 e. The average Bonchev–Trinajstić information content (AvgIpc) is 2.97. The molecule has 4 rings (SSSR count). The lowest BCUT2D eigenvalue weighted by Crippen LogP contribution is -2.69. The number of hydrogen-bond donors (Lipinski definition) is 0. The van der Waals surface area contributed by atoms with Gasteiger partial charge in [-0.05, 0) is 60.8 Å². The van der Waals surface area contributed by atoms with Gasteiger partial charge in [-0.25, -0.2) is 0 Å². The molecule has 11 heteroatoms. The number of Topliss-reactive ketones (excluding diaryl/α,β-unsaturated/α-hetero) is 1. The highest BCUT2D eigenvalue weighted by molar-refractivity contribution is 6.04. The predicted octanol–water partition coefficient (Wildman–Crippen LogP) is 1.93. The molecule has 0 N–H and O–H groups in total. The highest BCUT2D eigenvalue weighted by atomic mass is 16.8. The van der Waals surface area contributed by atoms with Crippen molar-refractivity contribution in [2.45, 2.75) is 96.9 Å². The molecule has 9 atom stereocenters. The highest BCUT2D eigenvalue weighted by Crippen LogP contribution is 2.44. The fourth-order valence-corrected chi connectivity index (χ4v) is 7.48. The smallest absolute Gasteiger partial charge is 0.319 e. The summed E-state index contributed by atoms with van der Waals surface area (Å²) in [6.07, 6.45) is -0.535. The molecular formula is C32H58N4O7. The van der Waals surface area contributed by atoms with Crippen LogP contribution < -0.4 is 0 Å². The lowest BCUT2D eigenvalue weighted by Gasteiger charge is -2.55. The van der Waals surface area contributed by atoms with Crippen LogP contribution in [-0.4, -0.2) is 154 Å².